The molecular weight excluding hydrogens is 433 g/mol. The van der Waals surface area contributed by atoms with Crippen LogP contribution in [0.15, 0.2) is 77.8 Å². The maximum Gasteiger partial charge on any atom is 0.236 e. The summed E-state index contributed by atoms with van der Waals surface area (Å²) in [6.07, 6.45) is 1.77. The molecule has 1 N–H and O–H groups in total. The second kappa shape index (κ2) is 9.67. The highest BCUT2D eigenvalue weighted by Crippen LogP contribution is 2.26. The molecule has 0 radical (unpaired) electrons. The summed E-state index contributed by atoms with van der Waals surface area (Å²) in [5, 5.41) is 14.3. The molecule has 0 aliphatic heterocycles. The number of carbonyl (C=O) groups excluding carboxylic acids is 1. The molecule has 0 aliphatic rings. The number of rotatable bonds is 8. The van der Waals surface area contributed by atoms with Crippen molar-refractivity contribution in [3.8, 4) is 22.6 Å². The molecule has 0 atom stereocenters. The first-order valence-electron chi connectivity index (χ1n) is 9.37. The molecule has 0 unspecified atom stereocenters. The summed E-state index contributed by atoms with van der Waals surface area (Å²) >= 11 is 2.62. The van der Waals surface area contributed by atoms with Crippen molar-refractivity contribution in [2.24, 2.45) is 0 Å². The average molecular weight is 452 g/mol. The second-order valence-electron chi connectivity index (χ2n) is 6.45. The third-order valence-electron chi connectivity index (χ3n) is 4.28. The molecule has 6 nitrogen and oxygen atoms in total. The van der Waals surface area contributed by atoms with Crippen molar-refractivity contribution in [3.63, 3.8) is 0 Å². The van der Waals surface area contributed by atoms with Gasteiger partial charge in [-0.05, 0) is 24.3 Å². The molecule has 0 saturated carbocycles. The molecule has 4 aromatic rings. The van der Waals surface area contributed by atoms with E-state index in [9.17, 15) is 9.18 Å². The van der Waals surface area contributed by atoms with Crippen molar-refractivity contribution < 1.29 is 9.18 Å². The fourth-order valence-corrected chi connectivity index (χ4v) is 4.34. The zero-order valence-electron chi connectivity index (χ0n) is 16.4. The Morgan fingerprint density at radius 3 is 2.65 bits per heavy atom. The molecule has 2 aromatic carbocycles. The van der Waals surface area contributed by atoms with Gasteiger partial charge in [0.25, 0.3) is 0 Å². The van der Waals surface area contributed by atoms with Crippen LogP contribution in [0, 0.1) is 5.82 Å². The van der Waals surface area contributed by atoms with E-state index in [2.05, 4.69) is 27.1 Å². The molecule has 0 fully saturated rings. The lowest BCUT2D eigenvalue weighted by Gasteiger charge is -2.07. The van der Waals surface area contributed by atoms with E-state index in [1.807, 2.05) is 40.3 Å². The number of aromatic nitrogens is 4. The third kappa shape index (κ3) is 5.07. The van der Waals surface area contributed by atoms with Crippen molar-refractivity contribution in [2.45, 2.75) is 11.7 Å². The molecule has 0 aliphatic carbocycles. The number of benzene rings is 2. The van der Waals surface area contributed by atoms with Crippen LogP contribution in [0.3, 0.4) is 0 Å². The van der Waals surface area contributed by atoms with Crippen molar-refractivity contribution in [1.82, 2.24) is 19.7 Å². The predicted octanol–water partition coefficient (Wildman–Crippen LogP) is 5.12. The fourth-order valence-electron chi connectivity index (χ4n) is 2.86. The van der Waals surface area contributed by atoms with E-state index in [0.717, 1.165) is 17.0 Å². The Labute approximate surface area is 186 Å². The van der Waals surface area contributed by atoms with Gasteiger partial charge >= 0.3 is 0 Å². The van der Waals surface area contributed by atoms with Gasteiger partial charge in [-0.2, -0.15) is 0 Å². The van der Waals surface area contributed by atoms with Crippen LogP contribution in [-0.2, 0) is 11.3 Å². The first kappa shape index (κ1) is 21.0. The number of anilines is 1. The lowest BCUT2D eigenvalue weighted by Crippen LogP contribution is -2.14. The van der Waals surface area contributed by atoms with Crippen molar-refractivity contribution in [2.75, 3.05) is 11.1 Å². The van der Waals surface area contributed by atoms with E-state index in [1.54, 1.807) is 18.2 Å². The van der Waals surface area contributed by atoms with E-state index >= 15 is 0 Å². The molecule has 4 rings (SSSR count). The van der Waals surface area contributed by atoms with E-state index < -0.39 is 0 Å². The average Bonchev–Trinajstić information content (AvgIpc) is 3.41. The van der Waals surface area contributed by atoms with Crippen LogP contribution in [0.4, 0.5) is 9.52 Å². The molecular formula is C22H18FN5OS2. The Hall–Kier alpha value is -3.30. The van der Waals surface area contributed by atoms with Crippen LogP contribution >= 0.6 is 23.1 Å². The Morgan fingerprint density at radius 1 is 1.13 bits per heavy atom. The first-order chi connectivity index (χ1) is 15.1. The smallest absolute Gasteiger partial charge is 0.236 e. The highest BCUT2D eigenvalue weighted by atomic mass is 32.2. The predicted molar refractivity (Wildman–Crippen MR) is 123 cm³/mol. The molecule has 9 heteroatoms. The van der Waals surface area contributed by atoms with Gasteiger partial charge in [0.1, 0.15) is 5.82 Å². The Kier molecular flexibility index (Phi) is 6.54. The molecule has 31 heavy (non-hydrogen) atoms. The number of thioether (sulfide) groups is 1. The summed E-state index contributed by atoms with van der Waals surface area (Å²) < 4.78 is 15.0. The zero-order valence-corrected chi connectivity index (χ0v) is 18.0. The van der Waals surface area contributed by atoms with Gasteiger partial charge in [-0.3, -0.25) is 9.36 Å². The molecule has 2 aromatic heterocycles. The summed E-state index contributed by atoms with van der Waals surface area (Å²) in [7, 11) is 0. The Balaban J connectivity index is 1.41. The maximum absolute atomic E-state index is 13.1. The number of nitrogens with one attached hydrogen (secondary N) is 1. The third-order valence-corrected chi connectivity index (χ3v) is 6.01. The van der Waals surface area contributed by atoms with E-state index in [1.165, 1.54) is 35.2 Å². The minimum absolute atomic E-state index is 0.162. The van der Waals surface area contributed by atoms with Crippen molar-refractivity contribution in [3.05, 3.63) is 78.4 Å². The normalized spacial score (nSPS) is 10.7. The van der Waals surface area contributed by atoms with E-state index in [4.69, 9.17) is 0 Å². The highest BCUT2D eigenvalue weighted by Gasteiger charge is 2.15. The number of thiazole rings is 1. The Morgan fingerprint density at radius 2 is 1.90 bits per heavy atom. The van der Waals surface area contributed by atoms with Gasteiger partial charge in [-0.25, -0.2) is 9.37 Å². The molecule has 1 amide bonds. The molecule has 0 spiro atoms. The molecule has 0 saturated heterocycles. The van der Waals surface area contributed by atoms with Crippen molar-refractivity contribution in [1.29, 1.82) is 0 Å². The number of allylic oxidation sites excluding steroid dienone is 1. The molecule has 0 bridgehead atoms. The standard InChI is InChI=1S/C22H18FN5OS2/c1-2-12-28-20(16-6-4-3-5-7-16)26-27-22(28)31-14-19(29)25-21-24-18(13-30-21)15-8-10-17(23)11-9-15/h2-11,13H,1,12,14H2,(H,24,25,29). The lowest BCUT2D eigenvalue weighted by atomic mass is 10.2. The zero-order chi connectivity index (χ0) is 21.6. The number of carbonyl (C=O) groups is 1. The summed E-state index contributed by atoms with van der Waals surface area (Å²) in [6.45, 7) is 4.34. The summed E-state index contributed by atoms with van der Waals surface area (Å²) in [4.78, 5) is 16.8. The minimum atomic E-state index is -0.302. The van der Waals surface area contributed by atoms with Gasteiger partial charge in [0.15, 0.2) is 16.1 Å². The summed E-state index contributed by atoms with van der Waals surface area (Å²) in [5.74, 6) is 0.395. The monoisotopic (exact) mass is 451 g/mol. The topological polar surface area (TPSA) is 72.7 Å². The van der Waals surface area contributed by atoms with Crippen LogP contribution in [-0.4, -0.2) is 31.4 Å². The van der Waals surface area contributed by atoms with E-state index in [-0.39, 0.29) is 17.5 Å². The summed E-state index contributed by atoms with van der Waals surface area (Å²) in [5.41, 5.74) is 2.42. The van der Waals surface area contributed by atoms with Crippen molar-refractivity contribution >= 4 is 34.1 Å². The number of hydrogen-bond donors (Lipinski definition) is 1. The van der Waals surface area contributed by atoms with Crippen LogP contribution in [0.1, 0.15) is 0 Å². The van der Waals surface area contributed by atoms with Gasteiger partial charge in [-0.1, -0.05) is 48.2 Å². The van der Waals surface area contributed by atoms with E-state index in [0.29, 0.717) is 22.5 Å². The van der Waals surface area contributed by atoms with Gasteiger partial charge < -0.3 is 5.32 Å². The highest BCUT2D eigenvalue weighted by molar-refractivity contribution is 7.99. The van der Waals surface area contributed by atoms with Gasteiger partial charge in [0, 0.05) is 23.1 Å². The first-order valence-corrected chi connectivity index (χ1v) is 11.2. The number of nitrogens with zero attached hydrogens (tertiary/aromatic N) is 4. The summed E-state index contributed by atoms with van der Waals surface area (Å²) in [6, 6.07) is 15.8. The van der Waals surface area contributed by atoms with Gasteiger partial charge in [0.05, 0.1) is 11.4 Å². The maximum atomic E-state index is 13.1. The Bertz CT molecular complexity index is 1190. The second-order valence-corrected chi connectivity index (χ2v) is 8.25. The number of amides is 1. The van der Waals surface area contributed by atoms with Crippen LogP contribution in [0.25, 0.3) is 22.6 Å². The van der Waals surface area contributed by atoms with Gasteiger partial charge in [0.2, 0.25) is 5.91 Å². The molecule has 156 valence electrons. The van der Waals surface area contributed by atoms with Crippen LogP contribution < -0.4 is 5.32 Å². The van der Waals surface area contributed by atoms with Crippen LogP contribution in [0.2, 0.25) is 0 Å². The van der Waals surface area contributed by atoms with Gasteiger partial charge in [-0.15, -0.1) is 28.1 Å². The minimum Gasteiger partial charge on any atom is -0.301 e. The quantitative estimate of drug-likeness (QED) is 0.297. The number of halogens is 1. The SMILES string of the molecule is C=CCn1c(SCC(=O)Nc2nc(-c3ccc(F)cc3)cs2)nnc1-c1ccccc1. The molecule has 2 heterocycles. The largest absolute Gasteiger partial charge is 0.301 e. The van der Waals surface area contributed by atoms with Crippen LogP contribution in [0.5, 0.6) is 0 Å². The number of hydrogen-bond acceptors (Lipinski definition) is 6. The lowest BCUT2D eigenvalue weighted by molar-refractivity contribution is -0.113. The fraction of sp³-hybridized carbons (Fsp3) is 0.0909.